The van der Waals surface area contributed by atoms with E-state index >= 15 is 0 Å². The highest BCUT2D eigenvalue weighted by atomic mass is 35.5. The van der Waals surface area contributed by atoms with Crippen molar-refractivity contribution >= 4 is 69.9 Å². The van der Waals surface area contributed by atoms with E-state index < -0.39 is 24.4 Å². The van der Waals surface area contributed by atoms with Crippen molar-refractivity contribution in [1.29, 1.82) is 0 Å². The van der Waals surface area contributed by atoms with Crippen molar-refractivity contribution in [1.82, 2.24) is 4.90 Å². The Morgan fingerprint density at radius 3 is 2.33 bits per heavy atom. The molecule has 0 unspecified atom stereocenters. The minimum absolute atomic E-state index is 0.0220. The molecule has 0 spiro atoms. The molecule has 2 amide bonds. The van der Waals surface area contributed by atoms with Gasteiger partial charge in [0.05, 0.1) is 31.7 Å². The van der Waals surface area contributed by atoms with Crippen LogP contribution in [0.4, 0.5) is 5.69 Å². The second kappa shape index (κ2) is 7.78. The summed E-state index contributed by atoms with van der Waals surface area (Å²) in [5, 5.41) is 2.67. The molecule has 1 atom stereocenters. The SMILES string of the molecule is CN1C[C@H](C(=O)OCC(=O)Nc2c(Cl)c(Cl)cc(Cl)c2Cl)CC1=O. The number of hydrogen-bond acceptors (Lipinski definition) is 4. The van der Waals surface area contributed by atoms with Gasteiger partial charge in [-0.25, -0.2) is 0 Å². The fourth-order valence-electron chi connectivity index (χ4n) is 2.13. The number of amides is 2. The summed E-state index contributed by atoms with van der Waals surface area (Å²) in [4.78, 5) is 36.6. The fourth-order valence-corrected chi connectivity index (χ4v) is 3.04. The Hall–Kier alpha value is -1.21. The number of hydrogen-bond donors (Lipinski definition) is 1. The number of ether oxygens (including phenoxy) is 1. The van der Waals surface area contributed by atoms with Crippen LogP contribution in [0.2, 0.25) is 20.1 Å². The predicted octanol–water partition coefficient (Wildman–Crippen LogP) is 3.26. The first-order chi connectivity index (χ1) is 11.2. The molecule has 1 heterocycles. The van der Waals surface area contributed by atoms with Gasteiger partial charge in [0.2, 0.25) is 5.91 Å². The van der Waals surface area contributed by atoms with E-state index in [2.05, 4.69) is 5.32 Å². The maximum Gasteiger partial charge on any atom is 0.311 e. The molecule has 1 N–H and O–H groups in total. The molecule has 0 saturated carbocycles. The van der Waals surface area contributed by atoms with Crippen molar-refractivity contribution in [2.45, 2.75) is 6.42 Å². The van der Waals surface area contributed by atoms with E-state index in [1.807, 2.05) is 0 Å². The summed E-state index contributed by atoms with van der Waals surface area (Å²) in [6, 6.07) is 1.34. The van der Waals surface area contributed by atoms with E-state index in [0.29, 0.717) is 0 Å². The van der Waals surface area contributed by atoms with Gasteiger partial charge in [0, 0.05) is 20.0 Å². The summed E-state index contributed by atoms with van der Waals surface area (Å²) in [5.74, 6) is -2.01. The van der Waals surface area contributed by atoms with Crippen LogP contribution in [0.1, 0.15) is 6.42 Å². The number of halogens is 4. The molecule has 10 heteroatoms. The van der Waals surface area contributed by atoms with Crippen molar-refractivity contribution in [3.8, 4) is 0 Å². The lowest BCUT2D eigenvalue weighted by atomic mass is 10.1. The van der Waals surface area contributed by atoms with Crippen LogP contribution in [-0.2, 0) is 19.1 Å². The summed E-state index contributed by atoms with van der Waals surface area (Å²) in [6.07, 6.45) is 0.0680. The second-order valence-electron chi connectivity index (χ2n) is 5.17. The van der Waals surface area contributed by atoms with Gasteiger partial charge >= 0.3 is 5.97 Å². The summed E-state index contributed by atoms with van der Waals surface area (Å²) < 4.78 is 4.91. The monoisotopic (exact) mass is 412 g/mol. The van der Waals surface area contributed by atoms with Gasteiger partial charge in [-0.2, -0.15) is 0 Å². The molecule has 130 valence electrons. The van der Waals surface area contributed by atoms with E-state index in [1.165, 1.54) is 11.0 Å². The summed E-state index contributed by atoms with van der Waals surface area (Å²) >= 11 is 23.7. The van der Waals surface area contributed by atoms with Gasteiger partial charge in [-0.05, 0) is 6.07 Å². The average molecular weight is 414 g/mol. The summed E-state index contributed by atoms with van der Waals surface area (Å²) in [7, 11) is 1.59. The Bertz CT molecular complexity index is 684. The van der Waals surface area contributed by atoms with Crippen molar-refractivity contribution in [3.63, 3.8) is 0 Å². The number of nitrogens with one attached hydrogen (secondary N) is 1. The molecular formula is C14H12Cl4N2O4. The van der Waals surface area contributed by atoms with Crippen LogP contribution >= 0.6 is 46.4 Å². The Labute approximate surface area is 157 Å². The van der Waals surface area contributed by atoms with Crippen molar-refractivity contribution < 1.29 is 19.1 Å². The molecule has 0 aromatic heterocycles. The van der Waals surface area contributed by atoms with Crippen LogP contribution in [0.15, 0.2) is 6.07 Å². The Morgan fingerprint density at radius 2 is 1.83 bits per heavy atom. The predicted molar refractivity (Wildman–Crippen MR) is 91.8 cm³/mol. The topological polar surface area (TPSA) is 75.7 Å². The zero-order chi connectivity index (χ0) is 18.0. The molecule has 0 aliphatic carbocycles. The quantitative estimate of drug-likeness (QED) is 0.607. The van der Waals surface area contributed by atoms with E-state index in [0.717, 1.165) is 0 Å². The van der Waals surface area contributed by atoms with E-state index in [1.54, 1.807) is 7.05 Å². The molecule has 1 aromatic carbocycles. The summed E-state index contributed by atoms with van der Waals surface area (Å²) in [6.45, 7) is -0.287. The third kappa shape index (κ3) is 4.25. The zero-order valence-electron chi connectivity index (χ0n) is 12.4. The van der Waals surface area contributed by atoms with E-state index in [9.17, 15) is 14.4 Å². The van der Waals surface area contributed by atoms with Crippen LogP contribution in [0.5, 0.6) is 0 Å². The number of benzene rings is 1. The molecule has 1 fully saturated rings. The van der Waals surface area contributed by atoms with Crippen LogP contribution < -0.4 is 5.32 Å². The highest BCUT2D eigenvalue weighted by molar-refractivity contribution is 6.50. The Balaban J connectivity index is 1.95. The lowest BCUT2D eigenvalue weighted by Gasteiger charge is -2.13. The zero-order valence-corrected chi connectivity index (χ0v) is 15.4. The van der Waals surface area contributed by atoms with Crippen LogP contribution in [0, 0.1) is 5.92 Å². The maximum atomic E-state index is 11.9. The Morgan fingerprint density at radius 1 is 1.25 bits per heavy atom. The van der Waals surface area contributed by atoms with E-state index in [4.69, 9.17) is 51.1 Å². The van der Waals surface area contributed by atoms with Crippen LogP contribution in [0.25, 0.3) is 0 Å². The molecule has 24 heavy (non-hydrogen) atoms. The van der Waals surface area contributed by atoms with Gasteiger partial charge in [-0.15, -0.1) is 0 Å². The van der Waals surface area contributed by atoms with Crippen LogP contribution in [0.3, 0.4) is 0 Å². The molecule has 2 rings (SSSR count). The third-order valence-corrected chi connectivity index (χ3v) is 4.97. The van der Waals surface area contributed by atoms with Gasteiger partial charge in [0.1, 0.15) is 0 Å². The number of likely N-dealkylation sites (tertiary alicyclic amines) is 1. The lowest BCUT2D eigenvalue weighted by Crippen LogP contribution is -2.26. The number of esters is 1. The van der Waals surface area contributed by atoms with Crippen molar-refractivity contribution in [2.24, 2.45) is 5.92 Å². The molecule has 0 radical (unpaired) electrons. The average Bonchev–Trinajstić information content (AvgIpc) is 2.86. The summed E-state index contributed by atoms with van der Waals surface area (Å²) in [5.41, 5.74) is 0.0349. The third-order valence-electron chi connectivity index (χ3n) is 3.40. The molecule has 1 aromatic rings. The lowest BCUT2D eigenvalue weighted by molar-refractivity contribution is -0.151. The molecule has 0 bridgehead atoms. The first-order valence-electron chi connectivity index (χ1n) is 6.74. The standard InChI is InChI=1S/C14H12Cl4N2O4/c1-20-4-6(2-10(20)22)14(23)24-5-9(21)19-13-11(17)7(15)3-8(16)12(13)18/h3,6H,2,4-5H2,1H3,(H,19,21)/t6-/m1/s1. The van der Waals surface area contributed by atoms with Gasteiger partial charge in [0.15, 0.2) is 6.61 Å². The van der Waals surface area contributed by atoms with Gasteiger partial charge in [-0.3, -0.25) is 14.4 Å². The van der Waals surface area contributed by atoms with Gasteiger partial charge < -0.3 is 15.0 Å². The molecular weight excluding hydrogens is 402 g/mol. The molecule has 1 saturated heterocycles. The normalized spacial score (nSPS) is 17.1. The second-order valence-corrected chi connectivity index (χ2v) is 6.74. The highest BCUT2D eigenvalue weighted by Crippen LogP contribution is 2.40. The van der Waals surface area contributed by atoms with Crippen LogP contribution in [-0.4, -0.2) is 42.9 Å². The smallest absolute Gasteiger partial charge is 0.311 e. The minimum Gasteiger partial charge on any atom is -0.455 e. The van der Waals surface area contributed by atoms with Crippen molar-refractivity contribution in [2.75, 3.05) is 25.5 Å². The first-order valence-corrected chi connectivity index (χ1v) is 8.25. The number of nitrogens with zero attached hydrogens (tertiary/aromatic N) is 1. The van der Waals surface area contributed by atoms with Gasteiger partial charge in [-0.1, -0.05) is 46.4 Å². The van der Waals surface area contributed by atoms with E-state index in [-0.39, 0.29) is 44.7 Å². The maximum absolute atomic E-state index is 11.9. The van der Waals surface area contributed by atoms with Gasteiger partial charge in [0.25, 0.3) is 5.91 Å². The molecule has 1 aliphatic heterocycles. The van der Waals surface area contributed by atoms with Crippen molar-refractivity contribution in [3.05, 3.63) is 26.2 Å². The fraction of sp³-hybridized carbons (Fsp3) is 0.357. The minimum atomic E-state index is -0.664. The molecule has 6 nitrogen and oxygen atoms in total. The number of anilines is 1. The largest absolute Gasteiger partial charge is 0.455 e. The number of rotatable bonds is 4. The first kappa shape index (κ1) is 19.1. The highest BCUT2D eigenvalue weighted by Gasteiger charge is 2.33. The Kier molecular flexibility index (Phi) is 6.20. The molecule has 1 aliphatic rings. The number of carbonyl (C=O) groups excluding carboxylic acids is 3. The number of carbonyl (C=O) groups is 3.